The number of aromatic nitrogens is 2. The van der Waals surface area contributed by atoms with E-state index in [1.807, 2.05) is 0 Å². The molecule has 7 nitrogen and oxygen atoms in total. The average molecular weight is 365 g/mol. The zero-order chi connectivity index (χ0) is 18.0. The molecule has 0 bridgehead atoms. The second kappa shape index (κ2) is 6.75. The average Bonchev–Trinajstić information content (AvgIpc) is 2.89. The van der Waals surface area contributed by atoms with E-state index < -0.39 is 27.3 Å². The Hall–Kier alpha value is -2.55. The first kappa shape index (κ1) is 17.3. The summed E-state index contributed by atoms with van der Waals surface area (Å²) in [5, 5.41) is 6.73. The van der Waals surface area contributed by atoms with Gasteiger partial charge in [0.25, 0.3) is 5.56 Å². The number of carbonyl (C=O) groups is 1. The summed E-state index contributed by atoms with van der Waals surface area (Å²) >= 11 is 0. The van der Waals surface area contributed by atoms with Crippen LogP contribution in [0.15, 0.2) is 41.2 Å². The highest BCUT2D eigenvalue weighted by molar-refractivity contribution is 7.91. The summed E-state index contributed by atoms with van der Waals surface area (Å²) in [4.78, 5) is 24.0. The highest BCUT2D eigenvalue weighted by atomic mass is 32.2. The van der Waals surface area contributed by atoms with E-state index in [0.29, 0.717) is 17.7 Å². The first-order chi connectivity index (χ1) is 11.8. The van der Waals surface area contributed by atoms with Gasteiger partial charge in [0, 0.05) is 17.7 Å². The van der Waals surface area contributed by atoms with Gasteiger partial charge in [-0.15, -0.1) is 0 Å². The van der Waals surface area contributed by atoms with Crippen molar-refractivity contribution < 1.29 is 17.6 Å². The SMILES string of the molecule is O=C(Cn1nc(-c2ccc(F)cc2)ccc1=O)N[C@@H]1CCS(=O)(=O)C1. The summed E-state index contributed by atoms with van der Waals surface area (Å²) in [6.45, 7) is -0.315. The molecule has 0 radical (unpaired) electrons. The molecule has 3 rings (SSSR count). The number of nitrogens with zero attached hydrogens (tertiary/aromatic N) is 2. The number of halogens is 1. The van der Waals surface area contributed by atoms with Crippen LogP contribution < -0.4 is 10.9 Å². The smallest absolute Gasteiger partial charge is 0.267 e. The first-order valence-corrected chi connectivity index (χ1v) is 9.48. The predicted molar refractivity (Wildman–Crippen MR) is 89.1 cm³/mol. The third-order valence-corrected chi connectivity index (χ3v) is 5.67. The number of benzene rings is 1. The van der Waals surface area contributed by atoms with Gasteiger partial charge < -0.3 is 5.32 Å². The highest BCUT2D eigenvalue weighted by Crippen LogP contribution is 2.15. The van der Waals surface area contributed by atoms with E-state index in [2.05, 4.69) is 10.4 Å². The van der Waals surface area contributed by atoms with E-state index in [1.165, 1.54) is 36.4 Å². The molecule has 1 fully saturated rings. The van der Waals surface area contributed by atoms with Crippen LogP contribution >= 0.6 is 0 Å². The van der Waals surface area contributed by atoms with Gasteiger partial charge in [0.15, 0.2) is 9.84 Å². The molecule has 9 heteroatoms. The lowest BCUT2D eigenvalue weighted by molar-refractivity contribution is -0.122. The van der Waals surface area contributed by atoms with Gasteiger partial charge in [-0.2, -0.15) is 5.10 Å². The van der Waals surface area contributed by atoms with Crippen LogP contribution in [0.4, 0.5) is 4.39 Å². The van der Waals surface area contributed by atoms with E-state index in [0.717, 1.165) is 4.68 Å². The van der Waals surface area contributed by atoms with Crippen LogP contribution in [0.2, 0.25) is 0 Å². The maximum absolute atomic E-state index is 13.0. The molecule has 2 heterocycles. The maximum Gasteiger partial charge on any atom is 0.267 e. The first-order valence-electron chi connectivity index (χ1n) is 7.66. The molecule has 25 heavy (non-hydrogen) atoms. The molecule has 1 N–H and O–H groups in total. The van der Waals surface area contributed by atoms with E-state index in [1.54, 1.807) is 0 Å². The minimum absolute atomic E-state index is 0.0518. The summed E-state index contributed by atoms with van der Waals surface area (Å²) in [5.41, 5.74) is 0.577. The molecular weight excluding hydrogens is 349 g/mol. The zero-order valence-corrected chi connectivity index (χ0v) is 14.0. The Bertz CT molecular complexity index is 954. The molecule has 1 aromatic carbocycles. The number of rotatable bonds is 4. The summed E-state index contributed by atoms with van der Waals surface area (Å²) < 4.78 is 36.8. The van der Waals surface area contributed by atoms with Crippen molar-refractivity contribution in [1.82, 2.24) is 15.1 Å². The quantitative estimate of drug-likeness (QED) is 0.843. The van der Waals surface area contributed by atoms with Crippen molar-refractivity contribution in [3.63, 3.8) is 0 Å². The van der Waals surface area contributed by atoms with Crippen molar-refractivity contribution in [2.45, 2.75) is 19.0 Å². The molecule has 1 saturated heterocycles. The minimum atomic E-state index is -3.10. The molecule has 0 saturated carbocycles. The lowest BCUT2D eigenvalue weighted by Crippen LogP contribution is -2.40. The second-order valence-electron chi connectivity index (χ2n) is 5.89. The lowest BCUT2D eigenvalue weighted by Gasteiger charge is -2.12. The molecule has 1 aromatic heterocycles. The molecule has 1 aliphatic heterocycles. The summed E-state index contributed by atoms with van der Waals surface area (Å²) in [5.74, 6) is -0.900. The fraction of sp³-hybridized carbons (Fsp3) is 0.312. The molecule has 0 unspecified atom stereocenters. The fourth-order valence-corrected chi connectivity index (χ4v) is 4.33. The van der Waals surface area contributed by atoms with E-state index in [-0.39, 0.29) is 23.9 Å². The van der Waals surface area contributed by atoms with Crippen molar-refractivity contribution in [3.05, 3.63) is 52.6 Å². The van der Waals surface area contributed by atoms with Crippen LogP contribution in [0.5, 0.6) is 0 Å². The van der Waals surface area contributed by atoms with Crippen LogP contribution in [-0.4, -0.2) is 41.7 Å². The largest absolute Gasteiger partial charge is 0.351 e. The molecule has 0 spiro atoms. The van der Waals surface area contributed by atoms with Gasteiger partial charge in [-0.25, -0.2) is 17.5 Å². The van der Waals surface area contributed by atoms with Crippen LogP contribution in [0.1, 0.15) is 6.42 Å². The molecule has 132 valence electrons. The summed E-state index contributed by atoms with van der Waals surface area (Å²) in [7, 11) is -3.10. The van der Waals surface area contributed by atoms with E-state index in [4.69, 9.17) is 0 Å². The molecular formula is C16H16FN3O4S. The molecule has 0 aliphatic carbocycles. The fourth-order valence-electron chi connectivity index (χ4n) is 2.65. The Morgan fingerprint density at radius 2 is 1.96 bits per heavy atom. The standard InChI is InChI=1S/C16H16FN3O4S/c17-12-3-1-11(2-4-12)14-5-6-16(22)20(19-14)9-15(21)18-13-7-8-25(23,24)10-13/h1-6,13H,7-10H2,(H,18,21)/t13-/m1/s1. The Kier molecular flexibility index (Phi) is 4.67. The van der Waals surface area contributed by atoms with Crippen LogP contribution in [0, 0.1) is 5.82 Å². The lowest BCUT2D eigenvalue weighted by atomic mass is 10.1. The maximum atomic E-state index is 13.0. The Morgan fingerprint density at radius 3 is 2.60 bits per heavy atom. The molecule has 1 atom stereocenters. The Morgan fingerprint density at radius 1 is 1.24 bits per heavy atom. The number of nitrogens with one attached hydrogen (secondary N) is 1. The van der Waals surface area contributed by atoms with Gasteiger partial charge in [0.05, 0.1) is 17.2 Å². The highest BCUT2D eigenvalue weighted by Gasteiger charge is 2.28. The Balaban J connectivity index is 1.73. The number of sulfone groups is 1. The topological polar surface area (TPSA) is 98.1 Å². The molecule has 2 aromatic rings. The summed E-state index contributed by atoms with van der Waals surface area (Å²) in [6, 6.07) is 7.94. The van der Waals surface area contributed by atoms with Gasteiger partial charge in [-0.3, -0.25) is 9.59 Å². The van der Waals surface area contributed by atoms with Crippen molar-refractivity contribution in [2.75, 3.05) is 11.5 Å². The van der Waals surface area contributed by atoms with Crippen molar-refractivity contribution >= 4 is 15.7 Å². The van der Waals surface area contributed by atoms with Gasteiger partial charge in [0.2, 0.25) is 5.91 Å². The van der Waals surface area contributed by atoms with Crippen molar-refractivity contribution in [3.8, 4) is 11.3 Å². The van der Waals surface area contributed by atoms with Crippen LogP contribution in [0.25, 0.3) is 11.3 Å². The third-order valence-electron chi connectivity index (χ3n) is 3.90. The van der Waals surface area contributed by atoms with E-state index >= 15 is 0 Å². The minimum Gasteiger partial charge on any atom is -0.351 e. The van der Waals surface area contributed by atoms with Gasteiger partial charge >= 0.3 is 0 Å². The number of hydrogen-bond acceptors (Lipinski definition) is 5. The number of carbonyl (C=O) groups excluding carboxylic acids is 1. The van der Waals surface area contributed by atoms with Gasteiger partial charge in [-0.05, 0) is 36.8 Å². The van der Waals surface area contributed by atoms with Crippen LogP contribution in [-0.2, 0) is 21.2 Å². The molecule has 1 amide bonds. The zero-order valence-electron chi connectivity index (χ0n) is 13.2. The van der Waals surface area contributed by atoms with Gasteiger partial charge in [-0.1, -0.05) is 0 Å². The Labute approximate surface area is 143 Å². The van der Waals surface area contributed by atoms with Crippen molar-refractivity contribution in [2.24, 2.45) is 0 Å². The monoisotopic (exact) mass is 365 g/mol. The molecule has 1 aliphatic rings. The number of amides is 1. The predicted octanol–water partition coefficient (Wildman–Crippen LogP) is 0.353. The van der Waals surface area contributed by atoms with Gasteiger partial charge in [0.1, 0.15) is 12.4 Å². The summed E-state index contributed by atoms with van der Waals surface area (Å²) in [6.07, 6.45) is 0.367. The van der Waals surface area contributed by atoms with E-state index in [9.17, 15) is 22.4 Å². The van der Waals surface area contributed by atoms with Crippen molar-refractivity contribution in [1.29, 1.82) is 0 Å². The second-order valence-corrected chi connectivity index (χ2v) is 8.12. The normalized spacial score (nSPS) is 18.8. The third kappa shape index (κ3) is 4.30. The van der Waals surface area contributed by atoms with Crippen LogP contribution in [0.3, 0.4) is 0 Å². The number of hydrogen-bond donors (Lipinski definition) is 1.